The van der Waals surface area contributed by atoms with Gasteiger partial charge < -0.3 is 16.8 Å². The van der Waals surface area contributed by atoms with Crippen LogP contribution < -0.4 is 22.1 Å². The van der Waals surface area contributed by atoms with Crippen molar-refractivity contribution in [2.45, 2.75) is 49.6 Å². The van der Waals surface area contributed by atoms with Gasteiger partial charge in [0.2, 0.25) is 5.95 Å². The van der Waals surface area contributed by atoms with E-state index < -0.39 is 0 Å². The molecule has 0 aliphatic heterocycles. The van der Waals surface area contributed by atoms with Gasteiger partial charge in [-0.1, -0.05) is 24.5 Å². The second-order valence-corrected chi connectivity index (χ2v) is 9.14. The standard InChI is InChI=1S/C24H29N7OS/c1-14-7-12-18-17(13-14)21(27-19-5-3-4-6-20(19)28-23(25)26)30-24(29-18)31-22(32)15-8-10-16(33-2)11-9-15/h7-13,19-20H,3-6H2,1-2H3,(H4,25,26,28)(H2,27,29,30,31,32)/t19-,20+/m0/s1. The van der Waals surface area contributed by atoms with E-state index in [4.69, 9.17) is 11.5 Å². The van der Waals surface area contributed by atoms with Crippen LogP contribution in [0.3, 0.4) is 0 Å². The maximum atomic E-state index is 12.8. The first-order valence-electron chi connectivity index (χ1n) is 11.0. The van der Waals surface area contributed by atoms with Crippen LogP contribution >= 0.6 is 11.8 Å². The topological polar surface area (TPSA) is 131 Å². The zero-order valence-electron chi connectivity index (χ0n) is 18.8. The maximum Gasteiger partial charge on any atom is 0.258 e. The molecule has 4 rings (SSSR count). The van der Waals surface area contributed by atoms with E-state index in [-0.39, 0.29) is 29.9 Å². The number of carbonyl (C=O) groups is 1. The number of hydrogen-bond acceptors (Lipinski definition) is 6. The highest BCUT2D eigenvalue weighted by Gasteiger charge is 2.26. The summed E-state index contributed by atoms with van der Waals surface area (Å²) < 4.78 is 0. The molecule has 33 heavy (non-hydrogen) atoms. The van der Waals surface area contributed by atoms with Crippen LogP contribution in [-0.4, -0.2) is 40.2 Å². The number of anilines is 2. The predicted molar refractivity (Wildman–Crippen MR) is 136 cm³/mol. The van der Waals surface area contributed by atoms with Gasteiger partial charge >= 0.3 is 0 Å². The van der Waals surface area contributed by atoms with Gasteiger partial charge in [-0.3, -0.25) is 10.1 Å². The number of nitrogens with two attached hydrogens (primary N) is 2. The van der Waals surface area contributed by atoms with E-state index in [9.17, 15) is 4.79 Å². The Balaban J connectivity index is 1.65. The van der Waals surface area contributed by atoms with Crippen molar-refractivity contribution in [2.24, 2.45) is 16.5 Å². The van der Waals surface area contributed by atoms with E-state index in [0.717, 1.165) is 47.0 Å². The molecular weight excluding hydrogens is 434 g/mol. The van der Waals surface area contributed by atoms with E-state index >= 15 is 0 Å². The van der Waals surface area contributed by atoms with E-state index in [1.54, 1.807) is 23.9 Å². The predicted octanol–water partition coefficient (Wildman–Crippen LogP) is 3.91. The fraction of sp³-hybridized carbons (Fsp3) is 0.333. The SMILES string of the molecule is CSc1ccc(C(=O)Nc2nc(N[C@H]3CCCC[C@H]3N=C(N)N)c3cc(C)ccc3n2)cc1. The molecule has 8 nitrogen and oxygen atoms in total. The van der Waals surface area contributed by atoms with Crippen LogP contribution in [0.25, 0.3) is 10.9 Å². The minimum atomic E-state index is -0.254. The molecule has 0 unspecified atom stereocenters. The molecule has 0 saturated heterocycles. The zero-order chi connectivity index (χ0) is 23.4. The molecule has 0 radical (unpaired) electrons. The molecular formula is C24H29N7OS. The zero-order valence-corrected chi connectivity index (χ0v) is 19.7. The van der Waals surface area contributed by atoms with Gasteiger partial charge in [0.25, 0.3) is 5.91 Å². The first kappa shape index (κ1) is 22.8. The Hall–Kier alpha value is -3.33. The average molecular weight is 464 g/mol. The Morgan fingerprint density at radius 2 is 1.85 bits per heavy atom. The van der Waals surface area contributed by atoms with E-state index in [0.29, 0.717) is 11.4 Å². The second-order valence-electron chi connectivity index (χ2n) is 8.26. The van der Waals surface area contributed by atoms with Gasteiger partial charge in [-0.15, -0.1) is 11.8 Å². The van der Waals surface area contributed by atoms with Crippen LogP contribution in [-0.2, 0) is 0 Å². The molecule has 172 valence electrons. The molecule has 6 N–H and O–H groups in total. The Morgan fingerprint density at radius 3 is 2.58 bits per heavy atom. The van der Waals surface area contributed by atoms with Gasteiger partial charge in [-0.2, -0.15) is 4.98 Å². The molecule has 1 aliphatic carbocycles. The number of aliphatic imine (C=N–C) groups is 1. The molecule has 9 heteroatoms. The number of nitrogens with zero attached hydrogens (tertiary/aromatic N) is 3. The molecule has 1 heterocycles. The number of guanidine groups is 1. The van der Waals surface area contributed by atoms with Crippen molar-refractivity contribution in [3.05, 3.63) is 53.6 Å². The monoisotopic (exact) mass is 463 g/mol. The number of benzene rings is 2. The first-order chi connectivity index (χ1) is 15.9. The van der Waals surface area contributed by atoms with Gasteiger partial charge in [0.15, 0.2) is 5.96 Å². The lowest BCUT2D eigenvalue weighted by Gasteiger charge is -2.30. The number of aryl methyl sites for hydroxylation is 1. The summed E-state index contributed by atoms with van der Waals surface area (Å²) in [6.45, 7) is 2.03. The van der Waals surface area contributed by atoms with Crippen molar-refractivity contribution in [1.29, 1.82) is 0 Å². The van der Waals surface area contributed by atoms with Gasteiger partial charge in [0, 0.05) is 15.8 Å². The number of thioether (sulfide) groups is 1. The smallest absolute Gasteiger partial charge is 0.258 e. The third-order valence-electron chi connectivity index (χ3n) is 5.80. The summed E-state index contributed by atoms with van der Waals surface area (Å²) in [4.78, 5) is 27.6. The number of hydrogen-bond donors (Lipinski definition) is 4. The molecule has 1 amide bonds. The van der Waals surface area contributed by atoms with Crippen LogP contribution in [0.1, 0.15) is 41.6 Å². The summed E-state index contributed by atoms with van der Waals surface area (Å²) in [5.74, 6) is 0.759. The number of nitrogens with one attached hydrogen (secondary N) is 2. The molecule has 0 spiro atoms. The summed E-state index contributed by atoms with van der Waals surface area (Å²) in [5, 5.41) is 7.29. The van der Waals surface area contributed by atoms with Crippen LogP contribution in [0.5, 0.6) is 0 Å². The number of aromatic nitrogens is 2. The quantitative estimate of drug-likeness (QED) is 0.248. The van der Waals surface area contributed by atoms with Crippen molar-refractivity contribution >= 4 is 46.3 Å². The van der Waals surface area contributed by atoms with Gasteiger partial charge in [-0.05, 0) is 62.4 Å². The highest BCUT2D eigenvalue weighted by atomic mass is 32.2. The van der Waals surface area contributed by atoms with Gasteiger partial charge in [-0.25, -0.2) is 9.98 Å². The largest absolute Gasteiger partial charge is 0.370 e. The lowest BCUT2D eigenvalue weighted by atomic mass is 9.90. The van der Waals surface area contributed by atoms with Gasteiger partial charge in [0.05, 0.1) is 17.6 Å². The summed E-state index contributed by atoms with van der Waals surface area (Å²) in [7, 11) is 0. The molecule has 2 atom stereocenters. The molecule has 1 aromatic heterocycles. The average Bonchev–Trinajstić information content (AvgIpc) is 2.80. The minimum Gasteiger partial charge on any atom is -0.370 e. The fourth-order valence-corrected chi connectivity index (χ4v) is 4.53. The van der Waals surface area contributed by atoms with Crippen molar-refractivity contribution in [1.82, 2.24) is 9.97 Å². The molecule has 1 saturated carbocycles. The van der Waals surface area contributed by atoms with Gasteiger partial charge in [0.1, 0.15) is 5.82 Å². The van der Waals surface area contributed by atoms with Crippen LogP contribution in [0.15, 0.2) is 52.4 Å². The van der Waals surface area contributed by atoms with Crippen molar-refractivity contribution < 1.29 is 4.79 Å². The maximum absolute atomic E-state index is 12.8. The molecule has 1 fully saturated rings. The van der Waals surface area contributed by atoms with Crippen molar-refractivity contribution in [3.8, 4) is 0 Å². The highest BCUT2D eigenvalue weighted by Crippen LogP contribution is 2.29. The number of amides is 1. The molecule has 1 aliphatic rings. The van der Waals surface area contributed by atoms with Crippen molar-refractivity contribution in [3.63, 3.8) is 0 Å². The number of fused-ring (bicyclic) bond motifs is 1. The third-order valence-corrected chi connectivity index (χ3v) is 6.54. The van der Waals surface area contributed by atoms with Crippen LogP contribution in [0, 0.1) is 6.92 Å². The molecule has 0 bridgehead atoms. The minimum absolute atomic E-state index is 0.0217. The van der Waals surface area contributed by atoms with Crippen molar-refractivity contribution in [2.75, 3.05) is 16.9 Å². The number of carbonyl (C=O) groups excluding carboxylic acids is 1. The molecule has 3 aromatic rings. The van der Waals surface area contributed by atoms with E-state index in [2.05, 4.69) is 25.6 Å². The summed E-state index contributed by atoms with van der Waals surface area (Å²) in [6, 6.07) is 13.4. The Kier molecular flexibility index (Phi) is 6.98. The molecule has 2 aromatic carbocycles. The summed E-state index contributed by atoms with van der Waals surface area (Å²) in [5.41, 5.74) is 13.7. The highest BCUT2D eigenvalue weighted by molar-refractivity contribution is 7.98. The number of rotatable bonds is 6. The third kappa shape index (κ3) is 5.54. The van der Waals surface area contributed by atoms with Crippen LogP contribution in [0.2, 0.25) is 0 Å². The Morgan fingerprint density at radius 1 is 1.09 bits per heavy atom. The Labute approximate surface area is 197 Å². The van der Waals surface area contributed by atoms with E-state index in [1.165, 1.54) is 0 Å². The first-order valence-corrected chi connectivity index (χ1v) is 12.2. The summed E-state index contributed by atoms with van der Waals surface area (Å²) in [6.07, 6.45) is 6.01. The van der Waals surface area contributed by atoms with Crippen LogP contribution in [0.4, 0.5) is 11.8 Å². The lowest BCUT2D eigenvalue weighted by Crippen LogP contribution is -2.38. The second kappa shape index (κ2) is 10.1. The lowest BCUT2D eigenvalue weighted by molar-refractivity contribution is 0.102. The summed E-state index contributed by atoms with van der Waals surface area (Å²) >= 11 is 1.63. The fourth-order valence-electron chi connectivity index (χ4n) is 4.13. The normalized spacial score (nSPS) is 18.0. The Bertz CT molecular complexity index is 1180. The van der Waals surface area contributed by atoms with E-state index in [1.807, 2.05) is 43.5 Å².